The van der Waals surface area contributed by atoms with Crippen molar-refractivity contribution in [2.75, 3.05) is 0 Å². The monoisotopic (exact) mass is 282 g/mol. The molecule has 0 radical (unpaired) electrons. The molecule has 0 aliphatic rings. The number of aromatic nitrogens is 2. The van der Waals surface area contributed by atoms with E-state index in [1.165, 1.54) is 0 Å². The molecule has 3 aromatic rings. The lowest BCUT2D eigenvalue weighted by Gasteiger charge is -2.05. The van der Waals surface area contributed by atoms with Crippen LogP contribution in [0.15, 0.2) is 60.9 Å². The van der Waals surface area contributed by atoms with Gasteiger partial charge >= 0.3 is 0 Å². The van der Waals surface area contributed by atoms with E-state index in [9.17, 15) is 0 Å². The molecule has 2 heterocycles. The lowest BCUT2D eigenvalue weighted by molar-refractivity contribution is 1.29. The summed E-state index contributed by atoms with van der Waals surface area (Å²) in [5, 5.41) is 17.6. The normalized spacial score (nSPS) is 9.73. The van der Waals surface area contributed by atoms with Gasteiger partial charge in [0.15, 0.2) is 0 Å². The summed E-state index contributed by atoms with van der Waals surface area (Å²) in [4.78, 5) is 8.59. The maximum absolute atomic E-state index is 8.81. The molecule has 1 aromatic carbocycles. The molecule has 0 aliphatic carbocycles. The molecule has 22 heavy (non-hydrogen) atoms. The third-order valence-corrected chi connectivity index (χ3v) is 3.24. The smallest absolute Gasteiger partial charge is 0.101 e. The highest BCUT2D eigenvalue weighted by atomic mass is 14.7. The van der Waals surface area contributed by atoms with Crippen LogP contribution in [0.25, 0.3) is 22.5 Å². The van der Waals surface area contributed by atoms with Crippen molar-refractivity contribution in [1.82, 2.24) is 9.97 Å². The molecule has 4 heteroatoms. The summed E-state index contributed by atoms with van der Waals surface area (Å²) in [6, 6.07) is 19.1. The Balaban J connectivity index is 1.98. The molecule has 102 valence electrons. The zero-order valence-electron chi connectivity index (χ0n) is 11.6. The summed E-state index contributed by atoms with van der Waals surface area (Å²) in [7, 11) is 0. The first-order valence-electron chi connectivity index (χ1n) is 6.63. The number of nitriles is 2. The summed E-state index contributed by atoms with van der Waals surface area (Å²) in [5.41, 5.74) is 4.58. The molecule has 0 amide bonds. The SMILES string of the molecule is N#Cc1ccc(-c2cccc(-c3ccc(C#N)cn3)c2)nc1. The highest BCUT2D eigenvalue weighted by molar-refractivity contribution is 5.69. The highest BCUT2D eigenvalue weighted by Gasteiger charge is 2.04. The van der Waals surface area contributed by atoms with E-state index in [-0.39, 0.29) is 0 Å². The molecular weight excluding hydrogens is 272 g/mol. The Morgan fingerprint density at radius 3 is 1.55 bits per heavy atom. The molecule has 3 rings (SSSR count). The number of hydrogen-bond acceptors (Lipinski definition) is 4. The van der Waals surface area contributed by atoms with E-state index in [1.54, 1.807) is 24.5 Å². The first-order valence-corrected chi connectivity index (χ1v) is 6.63. The topological polar surface area (TPSA) is 73.4 Å². The standard InChI is InChI=1S/C18H10N4/c19-9-13-4-6-17(21-11-13)15-2-1-3-16(8-15)18-7-5-14(10-20)12-22-18/h1-8,11-12H. The minimum Gasteiger partial charge on any atom is -0.255 e. The molecule has 0 N–H and O–H groups in total. The quantitative estimate of drug-likeness (QED) is 0.720. The third kappa shape index (κ3) is 2.67. The van der Waals surface area contributed by atoms with Crippen molar-refractivity contribution in [2.24, 2.45) is 0 Å². The first kappa shape index (κ1) is 13.5. The van der Waals surface area contributed by atoms with Crippen LogP contribution in [0.2, 0.25) is 0 Å². The molecule has 0 aliphatic heterocycles. The van der Waals surface area contributed by atoms with Crippen LogP contribution in [0.4, 0.5) is 0 Å². The number of rotatable bonds is 2. The van der Waals surface area contributed by atoms with Crippen LogP contribution in [0, 0.1) is 22.7 Å². The lowest BCUT2D eigenvalue weighted by atomic mass is 10.0. The van der Waals surface area contributed by atoms with Crippen molar-refractivity contribution < 1.29 is 0 Å². The van der Waals surface area contributed by atoms with E-state index >= 15 is 0 Å². The van der Waals surface area contributed by atoms with E-state index in [1.807, 2.05) is 36.4 Å². The van der Waals surface area contributed by atoms with Gasteiger partial charge in [0.25, 0.3) is 0 Å². The molecule has 0 atom stereocenters. The molecule has 2 aromatic heterocycles. The van der Waals surface area contributed by atoms with Gasteiger partial charge < -0.3 is 0 Å². The summed E-state index contributed by atoms with van der Waals surface area (Å²) < 4.78 is 0. The Morgan fingerprint density at radius 1 is 0.682 bits per heavy atom. The average molecular weight is 282 g/mol. The van der Waals surface area contributed by atoms with Crippen molar-refractivity contribution >= 4 is 0 Å². The second-order valence-electron chi connectivity index (χ2n) is 4.67. The van der Waals surface area contributed by atoms with Gasteiger partial charge in [-0.05, 0) is 30.3 Å². The maximum atomic E-state index is 8.81. The minimum atomic E-state index is 0.536. The molecule has 0 saturated carbocycles. The Labute approximate surface area is 127 Å². The zero-order chi connectivity index (χ0) is 15.4. The van der Waals surface area contributed by atoms with Crippen molar-refractivity contribution in [3.63, 3.8) is 0 Å². The van der Waals surface area contributed by atoms with Gasteiger partial charge in [-0.25, -0.2) is 0 Å². The molecular formula is C18H10N4. The molecule has 0 unspecified atom stereocenters. The van der Waals surface area contributed by atoms with Gasteiger partial charge in [0.1, 0.15) is 12.1 Å². The molecule has 0 saturated heterocycles. The Hall–Kier alpha value is -3.50. The predicted molar refractivity (Wildman–Crippen MR) is 82.3 cm³/mol. The largest absolute Gasteiger partial charge is 0.255 e. The van der Waals surface area contributed by atoms with Crippen molar-refractivity contribution in [1.29, 1.82) is 10.5 Å². The van der Waals surface area contributed by atoms with Crippen LogP contribution in [0.1, 0.15) is 11.1 Å². The summed E-state index contributed by atoms with van der Waals surface area (Å²) >= 11 is 0. The average Bonchev–Trinajstić information content (AvgIpc) is 2.62. The predicted octanol–water partition coefficient (Wildman–Crippen LogP) is 3.55. The van der Waals surface area contributed by atoms with Crippen molar-refractivity contribution in [2.45, 2.75) is 0 Å². The Kier molecular flexibility index (Phi) is 3.59. The number of pyridine rings is 2. The van der Waals surface area contributed by atoms with Crippen molar-refractivity contribution in [3.8, 4) is 34.7 Å². The first-order chi connectivity index (χ1) is 10.8. The van der Waals surface area contributed by atoms with E-state index in [2.05, 4.69) is 22.1 Å². The fourth-order valence-electron chi connectivity index (χ4n) is 2.10. The van der Waals surface area contributed by atoms with Crippen LogP contribution in [0.3, 0.4) is 0 Å². The van der Waals surface area contributed by atoms with Crippen LogP contribution in [-0.4, -0.2) is 9.97 Å². The Bertz CT molecular complexity index is 809. The second-order valence-corrected chi connectivity index (χ2v) is 4.67. The molecule has 0 spiro atoms. The third-order valence-electron chi connectivity index (χ3n) is 3.24. The van der Waals surface area contributed by atoms with Gasteiger partial charge in [0.2, 0.25) is 0 Å². The summed E-state index contributed by atoms with van der Waals surface area (Å²) in [5.74, 6) is 0. The molecule has 4 nitrogen and oxygen atoms in total. The van der Waals surface area contributed by atoms with E-state index in [4.69, 9.17) is 10.5 Å². The molecule has 0 fully saturated rings. The number of nitrogens with zero attached hydrogens (tertiary/aromatic N) is 4. The molecule has 0 bridgehead atoms. The fourth-order valence-corrected chi connectivity index (χ4v) is 2.10. The zero-order valence-corrected chi connectivity index (χ0v) is 11.6. The number of benzene rings is 1. The lowest BCUT2D eigenvalue weighted by Crippen LogP contribution is -1.88. The van der Waals surface area contributed by atoms with Crippen LogP contribution < -0.4 is 0 Å². The minimum absolute atomic E-state index is 0.536. The van der Waals surface area contributed by atoms with Gasteiger partial charge in [-0.2, -0.15) is 10.5 Å². The van der Waals surface area contributed by atoms with Crippen LogP contribution in [-0.2, 0) is 0 Å². The van der Waals surface area contributed by atoms with E-state index in [0.717, 1.165) is 22.5 Å². The van der Waals surface area contributed by atoms with E-state index < -0.39 is 0 Å². The van der Waals surface area contributed by atoms with Gasteiger partial charge in [0.05, 0.1) is 22.5 Å². The van der Waals surface area contributed by atoms with E-state index in [0.29, 0.717) is 11.1 Å². The van der Waals surface area contributed by atoms with Crippen LogP contribution >= 0.6 is 0 Å². The van der Waals surface area contributed by atoms with Crippen molar-refractivity contribution in [3.05, 3.63) is 72.1 Å². The number of hydrogen-bond donors (Lipinski definition) is 0. The van der Waals surface area contributed by atoms with Crippen LogP contribution in [0.5, 0.6) is 0 Å². The Morgan fingerprint density at radius 2 is 1.18 bits per heavy atom. The fraction of sp³-hybridized carbons (Fsp3) is 0. The van der Waals surface area contributed by atoms with Gasteiger partial charge in [0, 0.05) is 23.5 Å². The van der Waals surface area contributed by atoms with Gasteiger partial charge in [-0.3, -0.25) is 9.97 Å². The second kappa shape index (κ2) is 5.87. The van der Waals surface area contributed by atoms with Gasteiger partial charge in [-0.15, -0.1) is 0 Å². The highest BCUT2D eigenvalue weighted by Crippen LogP contribution is 2.24. The summed E-state index contributed by atoms with van der Waals surface area (Å²) in [6.07, 6.45) is 3.12. The van der Waals surface area contributed by atoms with Gasteiger partial charge in [-0.1, -0.05) is 18.2 Å². The summed E-state index contributed by atoms with van der Waals surface area (Å²) in [6.45, 7) is 0. The maximum Gasteiger partial charge on any atom is 0.101 e.